The molecule has 2 unspecified atom stereocenters. The Morgan fingerprint density at radius 2 is 2.25 bits per heavy atom. The molecule has 1 aromatic rings. The minimum absolute atomic E-state index is 0.00730. The van der Waals surface area contributed by atoms with E-state index in [4.69, 9.17) is 9.47 Å². The maximum absolute atomic E-state index is 10.9. The number of hydrogen-bond donors (Lipinski definition) is 1. The lowest BCUT2D eigenvalue weighted by Gasteiger charge is -2.21. The largest absolute Gasteiger partial charge is 0.487 e. The molecule has 0 radical (unpaired) electrons. The van der Waals surface area contributed by atoms with Crippen LogP contribution in [0.3, 0.4) is 0 Å². The number of nitrogens with one attached hydrogen (secondary N) is 1. The molecule has 2 rings (SSSR count). The first-order chi connectivity index (χ1) is 9.65. The Hall–Kier alpha value is -1.82. The molecule has 0 aliphatic heterocycles. The molecule has 1 aliphatic rings. The molecule has 110 valence electrons. The summed E-state index contributed by atoms with van der Waals surface area (Å²) < 4.78 is 10.8. The molecule has 6 heteroatoms. The van der Waals surface area contributed by atoms with Crippen LogP contribution in [0.2, 0.25) is 0 Å². The topological polar surface area (TPSA) is 73.6 Å². The number of benzene rings is 1. The average Bonchev–Trinajstić information content (AvgIpc) is 2.86. The van der Waals surface area contributed by atoms with Crippen LogP contribution in [0.15, 0.2) is 18.2 Å². The van der Waals surface area contributed by atoms with Gasteiger partial charge in [-0.25, -0.2) is 0 Å². The molecule has 1 saturated carbocycles. The van der Waals surface area contributed by atoms with Gasteiger partial charge in [-0.1, -0.05) is 0 Å². The highest BCUT2D eigenvalue weighted by Gasteiger charge is 2.27. The van der Waals surface area contributed by atoms with Gasteiger partial charge < -0.3 is 14.8 Å². The van der Waals surface area contributed by atoms with Crippen LogP contribution in [0, 0.1) is 10.1 Å². The summed E-state index contributed by atoms with van der Waals surface area (Å²) in [6.45, 7) is 2.20. The third-order valence-corrected chi connectivity index (χ3v) is 3.56. The van der Waals surface area contributed by atoms with E-state index < -0.39 is 4.92 Å². The fourth-order valence-electron chi connectivity index (χ4n) is 2.61. The minimum atomic E-state index is -0.428. The monoisotopic (exact) mass is 280 g/mol. The number of ether oxygens (including phenoxy) is 2. The number of methoxy groups -OCH3 is 1. The highest BCUT2D eigenvalue weighted by atomic mass is 16.6. The van der Waals surface area contributed by atoms with Gasteiger partial charge >= 0.3 is 5.69 Å². The SMILES string of the molecule is CCOc1cc(NC2CCCC2OC)ccc1[N+](=O)[O-]. The van der Waals surface area contributed by atoms with Gasteiger partial charge in [-0.2, -0.15) is 0 Å². The van der Waals surface area contributed by atoms with Crippen molar-refractivity contribution in [2.45, 2.75) is 38.3 Å². The van der Waals surface area contributed by atoms with E-state index >= 15 is 0 Å². The molecule has 20 heavy (non-hydrogen) atoms. The Morgan fingerprint density at radius 3 is 2.90 bits per heavy atom. The fraction of sp³-hybridized carbons (Fsp3) is 0.571. The molecule has 0 heterocycles. The molecule has 1 aliphatic carbocycles. The minimum Gasteiger partial charge on any atom is -0.487 e. The zero-order valence-electron chi connectivity index (χ0n) is 11.8. The summed E-state index contributed by atoms with van der Waals surface area (Å²) in [5, 5.41) is 14.3. The fourth-order valence-corrected chi connectivity index (χ4v) is 2.61. The molecule has 0 saturated heterocycles. The summed E-state index contributed by atoms with van der Waals surface area (Å²) in [7, 11) is 1.71. The summed E-state index contributed by atoms with van der Waals surface area (Å²) in [6, 6.07) is 5.12. The summed E-state index contributed by atoms with van der Waals surface area (Å²) in [4.78, 5) is 10.5. The van der Waals surface area contributed by atoms with E-state index in [2.05, 4.69) is 5.32 Å². The molecule has 6 nitrogen and oxygen atoms in total. The van der Waals surface area contributed by atoms with E-state index in [9.17, 15) is 10.1 Å². The van der Waals surface area contributed by atoms with Crippen molar-refractivity contribution in [1.29, 1.82) is 0 Å². The van der Waals surface area contributed by atoms with Gasteiger partial charge in [0.2, 0.25) is 0 Å². The van der Waals surface area contributed by atoms with Gasteiger partial charge in [-0.15, -0.1) is 0 Å². The molecule has 0 amide bonds. The van der Waals surface area contributed by atoms with E-state index in [-0.39, 0.29) is 17.8 Å². The van der Waals surface area contributed by atoms with Crippen molar-refractivity contribution < 1.29 is 14.4 Å². The van der Waals surface area contributed by atoms with Crippen molar-refractivity contribution in [1.82, 2.24) is 0 Å². The molecular weight excluding hydrogens is 260 g/mol. The van der Waals surface area contributed by atoms with E-state index in [1.54, 1.807) is 19.2 Å². The standard InChI is InChI=1S/C14H20N2O4/c1-3-20-14-9-10(7-8-12(14)16(17)18)15-11-5-4-6-13(11)19-2/h7-9,11,13,15H,3-6H2,1-2H3. The van der Waals surface area contributed by atoms with Crippen LogP contribution in [0.1, 0.15) is 26.2 Å². The van der Waals surface area contributed by atoms with Gasteiger partial charge in [0, 0.05) is 24.9 Å². The number of nitrogens with zero attached hydrogens (tertiary/aromatic N) is 1. The lowest BCUT2D eigenvalue weighted by Crippen LogP contribution is -2.29. The van der Waals surface area contributed by atoms with Crippen LogP contribution < -0.4 is 10.1 Å². The molecule has 1 aromatic carbocycles. The molecular formula is C14H20N2O4. The van der Waals surface area contributed by atoms with Crippen molar-refractivity contribution >= 4 is 11.4 Å². The molecule has 2 atom stereocenters. The van der Waals surface area contributed by atoms with Crippen molar-refractivity contribution in [2.24, 2.45) is 0 Å². The number of nitro benzene ring substituents is 1. The van der Waals surface area contributed by atoms with Crippen LogP contribution in [-0.4, -0.2) is 30.8 Å². The van der Waals surface area contributed by atoms with Gasteiger partial charge in [-0.3, -0.25) is 10.1 Å². The second kappa shape index (κ2) is 6.56. The van der Waals surface area contributed by atoms with Crippen molar-refractivity contribution in [3.63, 3.8) is 0 Å². The van der Waals surface area contributed by atoms with Gasteiger partial charge in [0.05, 0.1) is 23.7 Å². The van der Waals surface area contributed by atoms with E-state index in [0.717, 1.165) is 24.9 Å². The quantitative estimate of drug-likeness (QED) is 0.640. The highest BCUT2D eigenvalue weighted by molar-refractivity contribution is 5.58. The van der Waals surface area contributed by atoms with Crippen LogP contribution >= 0.6 is 0 Å². The highest BCUT2D eigenvalue weighted by Crippen LogP contribution is 2.32. The Balaban J connectivity index is 2.16. The first-order valence-corrected chi connectivity index (χ1v) is 6.86. The molecule has 0 bridgehead atoms. The normalized spacial score (nSPS) is 21.7. The van der Waals surface area contributed by atoms with E-state index in [1.165, 1.54) is 6.07 Å². The van der Waals surface area contributed by atoms with Gasteiger partial charge in [0.15, 0.2) is 5.75 Å². The molecule has 1 fully saturated rings. The Kier molecular flexibility index (Phi) is 4.79. The van der Waals surface area contributed by atoms with Crippen LogP contribution in [0.5, 0.6) is 5.75 Å². The number of hydrogen-bond acceptors (Lipinski definition) is 5. The summed E-state index contributed by atoms with van der Waals surface area (Å²) in [5.74, 6) is 0.300. The third-order valence-electron chi connectivity index (χ3n) is 3.56. The van der Waals surface area contributed by atoms with E-state index in [0.29, 0.717) is 12.4 Å². The summed E-state index contributed by atoms with van der Waals surface area (Å²) in [6.07, 6.45) is 3.40. The Labute approximate surface area is 118 Å². The van der Waals surface area contributed by atoms with Crippen LogP contribution in [0.4, 0.5) is 11.4 Å². The summed E-state index contributed by atoms with van der Waals surface area (Å²) >= 11 is 0. The Bertz CT molecular complexity index is 478. The number of rotatable bonds is 6. The number of nitro groups is 1. The van der Waals surface area contributed by atoms with Crippen LogP contribution in [0.25, 0.3) is 0 Å². The first-order valence-electron chi connectivity index (χ1n) is 6.86. The smallest absolute Gasteiger partial charge is 0.311 e. The van der Waals surface area contributed by atoms with E-state index in [1.807, 2.05) is 6.92 Å². The zero-order valence-corrected chi connectivity index (χ0v) is 11.8. The van der Waals surface area contributed by atoms with Crippen molar-refractivity contribution in [3.05, 3.63) is 28.3 Å². The maximum atomic E-state index is 10.9. The predicted octanol–water partition coefficient (Wildman–Crippen LogP) is 2.97. The van der Waals surface area contributed by atoms with Gasteiger partial charge in [-0.05, 0) is 32.3 Å². The second-order valence-electron chi connectivity index (χ2n) is 4.83. The summed E-state index contributed by atoms with van der Waals surface area (Å²) in [5.41, 5.74) is 0.820. The lowest BCUT2D eigenvalue weighted by molar-refractivity contribution is -0.385. The van der Waals surface area contributed by atoms with Gasteiger partial charge in [0.1, 0.15) is 0 Å². The maximum Gasteiger partial charge on any atom is 0.311 e. The average molecular weight is 280 g/mol. The first kappa shape index (κ1) is 14.6. The number of anilines is 1. The molecule has 0 spiro atoms. The predicted molar refractivity (Wildman–Crippen MR) is 76.3 cm³/mol. The van der Waals surface area contributed by atoms with Crippen molar-refractivity contribution in [2.75, 3.05) is 19.0 Å². The van der Waals surface area contributed by atoms with Gasteiger partial charge in [0.25, 0.3) is 0 Å². The zero-order chi connectivity index (χ0) is 14.5. The molecule has 0 aromatic heterocycles. The molecule has 1 N–H and O–H groups in total. The third kappa shape index (κ3) is 3.19. The van der Waals surface area contributed by atoms with Crippen molar-refractivity contribution in [3.8, 4) is 5.75 Å². The Morgan fingerprint density at radius 1 is 1.45 bits per heavy atom. The second-order valence-corrected chi connectivity index (χ2v) is 4.83. The van der Waals surface area contributed by atoms with Crippen LogP contribution in [-0.2, 0) is 4.74 Å². The lowest BCUT2D eigenvalue weighted by atomic mass is 10.2.